The van der Waals surface area contributed by atoms with Crippen LogP contribution in [0.25, 0.3) is 5.76 Å². The number of likely N-dealkylation sites (tertiary alicyclic amines) is 1. The fourth-order valence-corrected chi connectivity index (χ4v) is 4.24. The normalized spacial score (nSPS) is 17.6. The molecule has 1 saturated heterocycles. The quantitative estimate of drug-likeness (QED) is 0.335. The van der Waals surface area contributed by atoms with Crippen molar-refractivity contribution in [2.75, 3.05) is 40.4 Å². The Morgan fingerprint density at radius 1 is 1.00 bits per heavy atom. The molecule has 0 aromatic heterocycles. The largest absolute Gasteiger partial charge is 0.507 e. The van der Waals surface area contributed by atoms with Gasteiger partial charge in [-0.05, 0) is 43.8 Å². The number of rotatable bonds is 10. The van der Waals surface area contributed by atoms with Gasteiger partial charge in [0.15, 0.2) is 11.5 Å². The van der Waals surface area contributed by atoms with Crippen LogP contribution in [-0.4, -0.2) is 67.0 Å². The predicted molar refractivity (Wildman–Crippen MR) is 127 cm³/mol. The lowest BCUT2D eigenvalue weighted by Gasteiger charge is -2.27. The maximum Gasteiger partial charge on any atom is 0.295 e. The first-order chi connectivity index (χ1) is 16.0. The number of Topliss-reactive ketones (excluding diaryl/α,β-unsaturated/α-hetero) is 1. The molecule has 0 unspecified atom stereocenters. The van der Waals surface area contributed by atoms with Crippen molar-refractivity contribution in [1.29, 1.82) is 0 Å². The molecule has 33 heavy (non-hydrogen) atoms. The Morgan fingerprint density at radius 2 is 1.67 bits per heavy atom. The first-order valence-electron chi connectivity index (χ1n) is 11.2. The Hall–Kier alpha value is -3.32. The molecule has 0 bridgehead atoms. The minimum atomic E-state index is -0.721. The summed E-state index contributed by atoms with van der Waals surface area (Å²) in [4.78, 5) is 30.0. The molecule has 1 fully saturated rings. The van der Waals surface area contributed by atoms with Crippen LogP contribution in [0.15, 0.2) is 54.1 Å². The third-order valence-corrected chi connectivity index (χ3v) is 6.08. The summed E-state index contributed by atoms with van der Waals surface area (Å²) in [6.07, 6.45) is 0.712. The molecule has 0 radical (unpaired) electrons. The molecule has 0 spiro atoms. The molecule has 1 N–H and O–H groups in total. The maximum atomic E-state index is 13.1. The molecule has 1 amide bonds. The fraction of sp³-hybridized carbons (Fsp3) is 0.385. The number of amides is 1. The third-order valence-electron chi connectivity index (χ3n) is 6.08. The summed E-state index contributed by atoms with van der Waals surface area (Å²) in [7, 11) is 3.08. The predicted octanol–water partition coefficient (Wildman–Crippen LogP) is 3.86. The van der Waals surface area contributed by atoms with Crippen LogP contribution >= 0.6 is 0 Å². The molecule has 0 saturated carbocycles. The van der Waals surface area contributed by atoms with Gasteiger partial charge >= 0.3 is 0 Å². The number of benzene rings is 2. The van der Waals surface area contributed by atoms with Crippen LogP contribution < -0.4 is 9.47 Å². The monoisotopic (exact) mass is 452 g/mol. The molecular weight excluding hydrogens is 420 g/mol. The second-order valence-corrected chi connectivity index (χ2v) is 7.85. The number of carbonyl (C=O) groups is 2. The van der Waals surface area contributed by atoms with Gasteiger partial charge in [-0.1, -0.05) is 50.2 Å². The Labute approximate surface area is 195 Å². The van der Waals surface area contributed by atoms with E-state index in [-0.39, 0.29) is 11.3 Å². The van der Waals surface area contributed by atoms with Gasteiger partial charge in [0.2, 0.25) is 0 Å². The molecule has 2 aromatic rings. The molecule has 1 atom stereocenters. The van der Waals surface area contributed by atoms with Crippen molar-refractivity contribution in [1.82, 2.24) is 9.80 Å². The highest BCUT2D eigenvalue weighted by molar-refractivity contribution is 6.46. The van der Waals surface area contributed by atoms with E-state index in [0.717, 1.165) is 19.6 Å². The van der Waals surface area contributed by atoms with E-state index in [1.807, 2.05) is 6.07 Å². The van der Waals surface area contributed by atoms with Gasteiger partial charge in [-0.2, -0.15) is 0 Å². The zero-order valence-electron chi connectivity index (χ0n) is 19.7. The van der Waals surface area contributed by atoms with E-state index in [1.54, 1.807) is 54.5 Å². The van der Waals surface area contributed by atoms with E-state index in [9.17, 15) is 14.7 Å². The Bertz CT molecular complexity index is 1010. The number of aliphatic hydroxyl groups is 1. The number of ether oxygens (including phenoxy) is 2. The minimum Gasteiger partial charge on any atom is -0.507 e. The minimum absolute atomic E-state index is 0.0845. The molecular formula is C26H32N2O5. The van der Waals surface area contributed by atoms with E-state index < -0.39 is 17.7 Å². The number of methoxy groups -OCH3 is 2. The zero-order chi connectivity index (χ0) is 24.0. The van der Waals surface area contributed by atoms with Crippen LogP contribution in [0, 0.1) is 0 Å². The highest BCUT2D eigenvalue weighted by Gasteiger charge is 2.46. The van der Waals surface area contributed by atoms with Crippen LogP contribution in [0.1, 0.15) is 37.4 Å². The number of aliphatic hydroxyl groups excluding tert-OH is 1. The molecule has 176 valence electrons. The summed E-state index contributed by atoms with van der Waals surface area (Å²) in [5, 5.41) is 11.1. The Morgan fingerprint density at radius 3 is 2.27 bits per heavy atom. The van der Waals surface area contributed by atoms with E-state index in [2.05, 4.69) is 18.7 Å². The van der Waals surface area contributed by atoms with Crippen molar-refractivity contribution in [2.45, 2.75) is 26.3 Å². The van der Waals surface area contributed by atoms with Crippen LogP contribution in [0.5, 0.6) is 11.5 Å². The average molecular weight is 453 g/mol. The first-order valence-corrected chi connectivity index (χ1v) is 11.2. The molecule has 3 rings (SSSR count). The molecule has 1 aliphatic heterocycles. The number of ketones is 1. The Kier molecular flexibility index (Phi) is 8.11. The van der Waals surface area contributed by atoms with Gasteiger partial charge < -0.3 is 24.4 Å². The smallest absolute Gasteiger partial charge is 0.295 e. The lowest BCUT2D eigenvalue weighted by molar-refractivity contribution is -0.140. The lowest BCUT2D eigenvalue weighted by atomic mass is 9.95. The first kappa shape index (κ1) is 24.3. The van der Waals surface area contributed by atoms with E-state index in [0.29, 0.717) is 35.6 Å². The lowest BCUT2D eigenvalue weighted by Crippen LogP contribution is -2.33. The summed E-state index contributed by atoms with van der Waals surface area (Å²) in [6.45, 7) is 7.24. The van der Waals surface area contributed by atoms with Gasteiger partial charge in [-0.3, -0.25) is 9.59 Å². The topological polar surface area (TPSA) is 79.3 Å². The highest BCUT2D eigenvalue weighted by atomic mass is 16.5. The van der Waals surface area contributed by atoms with Crippen molar-refractivity contribution in [3.8, 4) is 11.5 Å². The van der Waals surface area contributed by atoms with Gasteiger partial charge in [0.25, 0.3) is 11.7 Å². The van der Waals surface area contributed by atoms with Gasteiger partial charge in [0.05, 0.1) is 25.8 Å². The maximum absolute atomic E-state index is 13.1. The average Bonchev–Trinajstić information content (AvgIpc) is 3.11. The molecule has 1 heterocycles. The second kappa shape index (κ2) is 11.0. The molecule has 7 heteroatoms. The number of carbonyl (C=O) groups excluding carboxylic acids is 2. The molecule has 1 aliphatic rings. The van der Waals surface area contributed by atoms with Crippen molar-refractivity contribution in [3.05, 3.63) is 65.2 Å². The number of nitrogens with zero attached hydrogens (tertiary/aromatic N) is 2. The zero-order valence-corrected chi connectivity index (χ0v) is 19.7. The Balaban J connectivity index is 2.07. The van der Waals surface area contributed by atoms with Gasteiger partial charge in [0, 0.05) is 12.1 Å². The van der Waals surface area contributed by atoms with Crippen molar-refractivity contribution < 1.29 is 24.2 Å². The van der Waals surface area contributed by atoms with Crippen LogP contribution in [0.2, 0.25) is 0 Å². The van der Waals surface area contributed by atoms with E-state index >= 15 is 0 Å². The molecule has 7 nitrogen and oxygen atoms in total. The van der Waals surface area contributed by atoms with Gasteiger partial charge in [-0.15, -0.1) is 0 Å². The van der Waals surface area contributed by atoms with E-state index in [4.69, 9.17) is 9.47 Å². The second-order valence-electron chi connectivity index (χ2n) is 7.85. The number of hydrogen-bond donors (Lipinski definition) is 1. The van der Waals surface area contributed by atoms with Crippen LogP contribution in [0.4, 0.5) is 0 Å². The summed E-state index contributed by atoms with van der Waals surface area (Å²) < 4.78 is 10.8. The molecule has 2 aromatic carbocycles. The standard InChI is InChI=1S/C26H32N2O5/c1-5-27(6-2)15-10-16-28-23(19-13-14-20(32-3)21(17-19)33-4)22(25(30)26(28)31)24(29)18-11-8-7-9-12-18/h7-9,11-14,17,23,29H,5-6,10,15-16H2,1-4H3/t23-/m0/s1. The van der Waals surface area contributed by atoms with Gasteiger partial charge in [-0.25, -0.2) is 0 Å². The number of hydrogen-bond acceptors (Lipinski definition) is 6. The summed E-state index contributed by atoms with van der Waals surface area (Å²) in [5.41, 5.74) is 1.25. The summed E-state index contributed by atoms with van der Waals surface area (Å²) >= 11 is 0. The summed E-state index contributed by atoms with van der Waals surface area (Å²) in [5.74, 6) is -0.433. The van der Waals surface area contributed by atoms with E-state index in [1.165, 1.54) is 7.11 Å². The van der Waals surface area contributed by atoms with Crippen molar-refractivity contribution in [3.63, 3.8) is 0 Å². The van der Waals surface area contributed by atoms with Crippen molar-refractivity contribution in [2.24, 2.45) is 0 Å². The van der Waals surface area contributed by atoms with Crippen LogP contribution in [0.3, 0.4) is 0 Å². The highest BCUT2D eigenvalue weighted by Crippen LogP contribution is 2.41. The van der Waals surface area contributed by atoms with Crippen molar-refractivity contribution >= 4 is 17.4 Å². The molecule has 0 aliphatic carbocycles. The van der Waals surface area contributed by atoms with Crippen LogP contribution in [-0.2, 0) is 9.59 Å². The fourth-order valence-electron chi connectivity index (χ4n) is 4.24. The third kappa shape index (κ3) is 5.03. The summed E-state index contributed by atoms with van der Waals surface area (Å²) in [6, 6.07) is 13.4. The SMILES string of the molecule is CCN(CC)CCCN1C(=O)C(=O)C(=C(O)c2ccccc2)[C@@H]1c1ccc(OC)c(OC)c1. The van der Waals surface area contributed by atoms with Gasteiger partial charge in [0.1, 0.15) is 5.76 Å².